The van der Waals surface area contributed by atoms with Crippen molar-refractivity contribution < 1.29 is 5.11 Å². The molecule has 0 heterocycles. The van der Waals surface area contributed by atoms with E-state index in [2.05, 4.69) is 56.3 Å². The Morgan fingerprint density at radius 1 is 1.06 bits per heavy atom. The summed E-state index contributed by atoms with van der Waals surface area (Å²) in [5, 5.41) is 12.6. The van der Waals surface area contributed by atoms with E-state index in [4.69, 9.17) is 0 Å². The van der Waals surface area contributed by atoms with E-state index in [1.54, 1.807) is 0 Å². The van der Waals surface area contributed by atoms with Crippen LogP contribution in [0.5, 0.6) is 0 Å². The zero-order valence-electron chi connectivity index (χ0n) is 11.3. The Bertz CT molecular complexity index is 504. The van der Waals surface area contributed by atoms with Gasteiger partial charge in [-0.15, -0.1) is 0 Å². The number of aliphatic hydroxyl groups is 1. The van der Waals surface area contributed by atoms with Gasteiger partial charge in [0.1, 0.15) is 0 Å². The van der Waals surface area contributed by atoms with Gasteiger partial charge in [-0.25, -0.2) is 0 Å². The van der Waals surface area contributed by atoms with Crippen molar-refractivity contribution in [1.29, 1.82) is 0 Å². The fourth-order valence-corrected chi connectivity index (χ4v) is 2.35. The van der Waals surface area contributed by atoms with Gasteiger partial charge in [-0.05, 0) is 35.1 Å². The summed E-state index contributed by atoms with van der Waals surface area (Å²) < 4.78 is 0. The molecule has 0 aromatic heterocycles. The van der Waals surface area contributed by atoms with E-state index >= 15 is 0 Å². The van der Waals surface area contributed by atoms with Crippen LogP contribution in [0.3, 0.4) is 0 Å². The first-order valence-electron chi connectivity index (χ1n) is 6.84. The Balaban J connectivity index is 2.07. The molecule has 0 fully saturated rings. The second kappa shape index (κ2) is 6.01. The number of hydrogen-bond donors (Lipinski definition) is 1. The summed E-state index contributed by atoms with van der Waals surface area (Å²) in [4.78, 5) is 0. The van der Waals surface area contributed by atoms with Crippen LogP contribution in [0.25, 0.3) is 10.8 Å². The van der Waals surface area contributed by atoms with Crippen LogP contribution in [0.2, 0.25) is 0 Å². The molecule has 96 valence electrons. The van der Waals surface area contributed by atoms with Gasteiger partial charge in [0, 0.05) is 0 Å². The highest BCUT2D eigenvalue weighted by molar-refractivity contribution is 5.82. The van der Waals surface area contributed by atoms with Gasteiger partial charge in [0.2, 0.25) is 0 Å². The molecule has 0 saturated carbocycles. The summed E-state index contributed by atoms with van der Waals surface area (Å²) in [5.74, 6) is 0.598. The second-order valence-corrected chi connectivity index (χ2v) is 5.29. The van der Waals surface area contributed by atoms with Gasteiger partial charge in [0.25, 0.3) is 0 Å². The molecule has 0 saturated heterocycles. The molecule has 0 aliphatic rings. The van der Waals surface area contributed by atoms with E-state index in [9.17, 15) is 5.11 Å². The van der Waals surface area contributed by atoms with E-state index in [1.165, 1.54) is 16.3 Å². The average molecular weight is 242 g/mol. The first kappa shape index (κ1) is 13.1. The van der Waals surface area contributed by atoms with E-state index in [-0.39, 0.29) is 6.10 Å². The highest BCUT2D eigenvalue weighted by atomic mass is 16.3. The van der Waals surface area contributed by atoms with E-state index in [0.29, 0.717) is 5.92 Å². The summed E-state index contributed by atoms with van der Waals surface area (Å²) in [6, 6.07) is 14.8. The minimum Gasteiger partial charge on any atom is -0.393 e. The highest BCUT2D eigenvalue weighted by Gasteiger charge is 2.10. The van der Waals surface area contributed by atoms with Crippen LogP contribution in [0.4, 0.5) is 0 Å². The fourth-order valence-electron chi connectivity index (χ4n) is 2.35. The van der Waals surface area contributed by atoms with Crippen LogP contribution < -0.4 is 0 Å². The number of rotatable bonds is 5. The molecule has 0 bridgehead atoms. The molecule has 0 spiro atoms. The largest absolute Gasteiger partial charge is 0.393 e. The van der Waals surface area contributed by atoms with Gasteiger partial charge in [0.15, 0.2) is 0 Å². The number of hydrogen-bond acceptors (Lipinski definition) is 1. The number of benzene rings is 2. The summed E-state index contributed by atoms with van der Waals surface area (Å²) in [7, 11) is 0. The van der Waals surface area contributed by atoms with E-state index in [0.717, 1.165) is 19.3 Å². The molecule has 2 aromatic carbocycles. The lowest BCUT2D eigenvalue weighted by molar-refractivity contribution is 0.145. The van der Waals surface area contributed by atoms with Crippen LogP contribution in [-0.4, -0.2) is 11.2 Å². The third-order valence-electron chi connectivity index (χ3n) is 3.66. The topological polar surface area (TPSA) is 20.2 Å². The number of aliphatic hydroxyl groups excluding tert-OH is 1. The molecule has 1 N–H and O–H groups in total. The molecule has 0 aliphatic heterocycles. The lowest BCUT2D eigenvalue weighted by Gasteiger charge is -2.15. The smallest absolute Gasteiger partial charge is 0.0583 e. The maximum absolute atomic E-state index is 10.1. The molecule has 2 atom stereocenters. The Hall–Kier alpha value is -1.34. The Morgan fingerprint density at radius 3 is 2.50 bits per heavy atom. The Morgan fingerprint density at radius 2 is 1.78 bits per heavy atom. The minimum atomic E-state index is -0.221. The van der Waals surface area contributed by atoms with Gasteiger partial charge in [-0.3, -0.25) is 0 Å². The van der Waals surface area contributed by atoms with Crippen molar-refractivity contribution in [3.63, 3.8) is 0 Å². The highest BCUT2D eigenvalue weighted by Crippen LogP contribution is 2.18. The average Bonchev–Trinajstić information content (AvgIpc) is 2.38. The van der Waals surface area contributed by atoms with Gasteiger partial charge in [-0.2, -0.15) is 0 Å². The summed E-state index contributed by atoms with van der Waals surface area (Å²) in [6.45, 7) is 4.37. The van der Waals surface area contributed by atoms with Crippen molar-refractivity contribution in [2.24, 2.45) is 5.92 Å². The molecule has 0 aliphatic carbocycles. The predicted octanol–water partition coefficient (Wildman–Crippen LogP) is 4.18. The maximum atomic E-state index is 10.1. The van der Waals surface area contributed by atoms with Crippen LogP contribution in [0, 0.1) is 5.92 Å². The Kier molecular flexibility index (Phi) is 4.38. The SMILES string of the molecule is CCC(C)CC(O)Cc1ccc2ccccc2c1. The number of fused-ring (bicyclic) bond motifs is 1. The van der Waals surface area contributed by atoms with E-state index < -0.39 is 0 Å². The molecular formula is C17H22O. The van der Waals surface area contributed by atoms with Crippen molar-refractivity contribution in [3.8, 4) is 0 Å². The first-order chi connectivity index (χ1) is 8.69. The first-order valence-corrected chi connectivity index (χ1v) is 6.84. The van der Waals surface area contributed by atoms with Gasteiger partial charge in [0.05, 0.1) is 6.10 Å². The third-order valence-corrected chi connectivity index (χ3v) is 3.66. The van der Waals surface area contributed by atoms with Crippen molar-refractivity contribution in [2.75, 3.05) is 0 Å². The molecule has 0 radical (unpaired) electrons. The Labute approximate surface area is 109 Å². The van der Waals surface area contributed by atoms with Crippen molar-refractivity contribution in [2.45, 2.75) is 39.2 Å². The maximum Gasteiger partial charge on any atom is 0.0583 e. The third kappa shape index (κ3) is 3.33. The molecule has 1 nitrogen and oxygen atoms in total. The van der Waals surface area contributed by atoms with Crippen LogP contribution >= 0.6 is 0 Å². The van der Waals surface area contributed by atoms with Crippen LogP contribution in [0.15, 0.2) is 42.5 Å². The molecule has 18 heavy (non-hydrogen) atoms. The normalized spacial score (nSPS) is 14.6. The van der Waals surface area contributed by atoms with Crippen molar-refractivity contribution in [1.82, 2.24) is 0 Å². The van der Waals surface area contributed by atoms with Gasteiger partial charge < -0.3 is 5.11 Å². The summed E-state index contributed by atoms with van der Waals surface area (Å²) in [6.07, 6.45) is 2.56. The minimum absolute atomic E-state index is 0.221. The van der Waals surface area contributed by atoms with Gasteiger partial charge >= 0.3 is 0 Å². The second-order valence-electron chi connectivity index (χ2n) is 5.29. The molecular weight excluding hydrogens is 220 g/mol. The lowest BCUT2D eigenvalue weighted by Crippen LogP contribution is -2.14. The molecule has 0 amide bonds. The quantitative estimate of drug-likeness (QED) is 0.834. The van der Waals surface area contributed by atoms with Crippen LogP contribution in [-0.2, 0) is 6.42 Å². The zero-order chi connectivity index (χ0) is 13.0. The van der Waals surface area contributed by atoms with Crippen molar-refractivity contribution >= 4 is 10.8 Å². The summed E-state index contributed by atoms with van der Waals surface area (Å²) in [5.41, 5.74) is 1.23. The zero-order valence-corrected chi connectivity index (χ0v) is 11.3. The lowest BCUT2D eigenvalue weighted by atomic mass is 9.96. The molecule has 2 unspecified atom stereocenters. The monoisotopic (exact) mass is 242 g/mol. The molecule has 2 aromatic rings. The standard InChI is InChI=1S/C17H22O/c1-3-13(2)10-17(18)12-14-8-9-15-6-4-5-7-16(15)11-14/h4-9,11,13,17-18H,3,10,12H2,1-2H3. The molecule has 2 rings (SSSR count). The van der Waals surface area contributed by atoms with Crippen molar-refractivity contribution in [3.05, 3.63) is 48.0 Å². The van der Waals surface area contributed by atoms with E-state index in [1.807, 2.05) is 0 Å². The van der Waals surface area contributed by atoms with Gasteiger partial charge in [-0.1, -0.05) is 62.7 Å². The predicted molar refractivity (Wildman–Crippen MR) is 77.7 cm³/mol. The summed E-state index contributed by atoms with van der Waals surface area (Å²) >= 11 is 0. The van der Waals surface area contributed by atoms with Crippen LogP contribution in [0.1, 0.15) is 32.3 Å². The molecule has 1 heteroatoms. The fraction of sp³-hybridized carbons (Fsp3) is 0.412.